The number of carboxylic acid groups (broad SMARTS) is 1. The second-order valence-electron chi connectivity index (χ2n) is 5.47. The van der Waals surface area contributed by atoms with Crippen LogP contribution in [0.15, 0.2) is 21.3 Å². The molecule has 0 bridgehead atoms. The molecule has 2 heterocycles. The normalized spacial score (nSPS) is 26.0. The molecule has 6 nitrogen and oxygen atoms in total. The maximum atomic E-state index is 11.3. The van der Waals surface area contributed by atoms with E-state index in [2.05, 4.69) is 10.1 Å². The fraction of sp³-hybridized carbons (Fsp3) is 0.500. The molecule has 2 aromatic rings. The third-order valence-electron chi connectivity index (χ3n) is 3.97. The van der Waals surface area contributed by atoms with Gasteiger partial charge in [0, 0.05) is 0 Å². The number of hydrogen-bond acceptors (Lipinski definition) is 5. The quantitative estimate of drug-likeness (QED) is 0.927. The number of carboxylic acids is 1. The van der Waals surface area contributed by atoms with Gasteiger partial charge in [0.25, 0.3) is 0 Å². The largest absolute Gasteiger partial charge is 0.481 e. The number of hydrogen-bond donors (Lipinski definition) is 1. The first-order chi connectivity index (χ1) is 9.56. The van der Waals surface area contributed by atoms with Crippen molar-refractivity contribution in [2.24, 2.45) is 11.8 Å². The Morgan fingerprint density at radius 1 is 1.45 bits per heavy atom. The highest BCUT2D eigenvalue weighted by Crippen LogP contribution is 2.42. The lowest BCUT2D eigenvalue weighted by molar-refractivity contribution is -0.142. The first-order valence-electron chi connectivity index (χ1n) is 6.67. The van der Waals surface area contributed by atoms with Crippen LogP contribution in [0.4, 0.5) is 0 Å². The van der Waals surface area contributed by atoms with E-state index in [4.69, 9.17) is 8.94 Å². The zero-order chi connectivity index (χ0) is 14.3. The number of nitrogens with zero attached hydrogens (tertiary/aromatic N) is 2. The average molecular weight is 276 g/mol. The number of aryl methyl sites for hydroxylation is 1. The van der Waals surface area contributed by atoms with Crippen molar-refractivity contribution in [2.75, 3.05) is 0 Å². The molecule has 3 unspecified atom stereocenters. The summed E-state index contributed by atoms with van der Waals surface area (Å²) in [6, 6.07) is 1.77. The molecule has 3 atom stereocenters. The zero-order valence-electron chi connectivity index (χ0n) is 11.4. The van der Waals surface area contributed by atoms with Crippen molar-refractivity contribution in [3.63, 3.8) is 0 Å². The van der Waals surface area contributed by atoms with Crippen LogP contribution >= 0.6 is 0 Å². The molecule has 1 saturated carbocycles. The van der Waals surface area contributed by atoms with Crippen molar-refractivity contribution in [1.82, 2.24) is 10.1 Å². The van der Waals surface area contributed by atoms with Crippen LogP contribution in [0.2, 0.25) is 0 Å². The topological polar surface area (TPSA) is 89.4 Å². The Morgan fingerprint density at radius 3 is 2.90 bits per heavy atom. The van der Waals surface area contributed by atoms with E-state index in [1.807, 2.05) is 13.8 Å². The van der Waals surface area contributed by atoms with Gasteiger partial charge < -0.3 is 14.0 Å². The second-order valence-corrected chi connectivity index (χ2v) is 5.47. The highest BCUT2D eigenvalue weighted by atomic mass is 16.5. The van der Waals surface area contributed by atoms with Crippen LogP contribution in [0.3, 0.4) is 0 Å². The molecule has 1 fully saturated rings. The van der Waals surface area contributed by atoms with Crippen molar-refractivity contribution in [3.05, 3.63) is 24.0 Å². The van der Waals surface area contributed by atoms with Crippen molar-refractivity contribution in [2.45, 2.75) is 32.6 Å². The maximum Gasteiger partial charge on any atom is 0.307 e. The molecule has 6 heteroatoms. The summed E-state index contributed by atoms with van der Waals surface area (Å²) in [6.45, 7) is 3.87. The summed E-state index contributed by atoms with van der Waals surface area (Å²) in [4.78, 5) is 15.7. The van der Waals surface area contributed by atoms with Gasteiger partial charge in [0.1, 0.15) is 5.76 Å². The van der Waals surface area contributed by atoms with E-state index in [1.165, 1.54) is 0 Å². The van der Waals surface area contributed by atoms with Crippen molar-refractivity contribution in [1.29, 1.82) is 0 Å². The van der Waals surface area contributed by atoms with Crippen LogP contribution in [0, 0.1) is 18.8 Å². The van der Waals surface area contributed by atoms with Gasteiger partial charge in [-0.15, -0.1) is 0 Å². The summed E-state index contributed by atoms with van der Waals surface area (Å²) in [5, 5.41) is 13.2. The van der Waals surface area contributed by atoms with Crippen LogP contribution < -0.4 is 0 Å². The third-order valence-corrected chi connectivity index (χ3v) is 3.97. The van der Waals surface area contributed by atoms with E-state index in [-0.39, 0.29) is 5.92 Å². The summed E-state index contributed by atoms with van der Waals surface area (Å²) in [6.07, 6.45) is 2.99. The van der Waals surface area contributed by atoms with Gasteiger partial charge in [0.2, 0.25) is 11.7 Å². The summed E-state index contributed by atoms with van der Waals surface area (Å²) >= 11 is 0. The summed E-state index contributed by atoms with van der Waals surface area (Å²) in [7, 11) is 0. The van der Waals surface area contributed by atoms with Gasteiger partial charge in [-0.3, -0.25) is 4.79 Å². The first kappa shape index (κ1) is 12.9. The Morgan fingerprint density at radius 2 is 2.25 bits per heavy atom. The van der Waals surface area contributed by atoms with Crippen molar-refractivity contribution < 1.29 is 18.8 Å². The lowest BCUT2D eigenvalue weighted by Gasteiger charge is -2.09. The SMILES string of the molecule is Cc1occc1-c1noc(C2CC(C)CC2C(=O)O)n1. The molecular weight excluding hydrogens is 260 g/mol. The van der Waals surface area contributed by atoms with Gasteiger partial charge in [-0.05, 0) is 31.7 Å². The van der Waals surface area contributed by atoms with Crippen LogP contribution in [-0.4, -0.2) is 21.2 Å². The molecular formula is C14H16N2O4. The predicted molar refractivity (Wildman–Crippen MR) is 69.0 cm³/mol. The molecule has 0 aromatic carbocycles. The van der Waals surface area contributed by atoms with E-state index in [0.717, 1.165) is 12.0 Å². The third kappa shape index (κ3) is 2.11. The van der Waals surface area contributed by atoms with Gasteiger partial charge in [-0.1, -0.05) is 12.1 Å². The summed E-state index contributed by atoms with van der Waals surface area (Å²) < 4.78 is 10.5. The number of aliphatic carboxylic acids is 1. The Kier molecular flexibility index (Phi) is 3.08. The molecule has 20 heavy (non-hydrogen) atoms. The molecule has 0 spiro atoms. The highest BCUT2D eigenvalue weighted by molar-refractivity contribution is 5.71. The fourth-order valence-electron chi connectivity index (χ4n) is 2.95. The zero-order valence-corrected chi connectivity index (χ0v) is 11.4. The number of aromatic nitrogens is 2. The molecule has 0 radical (unpaired) electrons. The Bertz CT molecular complexity index is 631. The molecule has 0 amide bonds. The fourth-order valence-corrected chi connectivity index (χ4v) is 2.95. The van der Waals surface area contributed by atoms with Crippen LogP contribution in [0.5, 0.6) is 0 Å². The van der Waals surface area contributed by atoms with E-state index in [9.17, 15) is 9.90 Å². The van der Waals surface area contributed by atoms with Gasteiger partial charge in [0.15, 0.2) is 0 Å². The Hall–Kier alpha value is -2.11. The molecule has 0 saturated heterocycles. The van der Waals surface area contributed by atoms with E-state index in [1.54, 1.807) is 12.3 Å². The van der Waals surface area contributed by atoms with E-state index >= 15 is 0 Å². The van der Waals surface area contributed by atoms with E-state index < -0.39 is 11.9 Å². The molecule has 1 aliphatic carbocycles. The van der Waals surface area contributed by atoms with Gasteiger partial charge in [-0.2, -0.15) is 4.98 Å². The predicted octanol–water partition coefficient (Wildman–Crippen LogP) is 2.85. The molecule has 1 N–H and O–H groups in total. The number of rotatable bonds is 3. The minimum atomic E-state index is -0.793. The standard InChI is InChI=1S/C14H16N2O4/c1-7-5-10(11(6-7)14(17)18)13-15-12(16-20-13)9-3-4-19-8(9)2/h3-4,7,10-11H,5-6H2,1-2H3,(H,17,18). The Balaban J connectivity index is 1.90. The van der Waals surface area contributed by atoms with Crippen molar-refractivity contribution in [3.8, 4) is 11.4 Å². The Labute approximate surface area is 115 Å². The maximum absolute atomic E-state index is 11.3. The highest BCUT2D eigenvalue weighted by Gasteiger charge is 2.41. The van der Waals surface area contributed by atoms with E-state index in [0.29, 0.717) is 29.8 Å². The monoisotopic (exact) mass is 276 g/mol. The smallest absolute Gasteiger partial charge is 0.307 e. The second kappa shape index (κ2) is 4.77. The summed E-state index contributed by atoms with van der Waals surface area (Å²) in [5.74, 6) is 0.504. The number of furan rings is 1. The average Bonchev–Trinajstić information content (AvgIpc) is 3.06. The van der Waals surface area contributed by atoms with Gasteiger partial charge in [-0.25, -0.2) is 0 Å². The number of carbonyl (C=O) groups is 1. The lowest BCUT2D eigenvalue weighted by atomic mass is 9.96. The molecule has 0 aliphatic heterocycles. The van der Waals surface area contributed by atoms with Gasteiger partial charge in [0.05, 0.1) is 23.7 Å². The van der Waals surface area contributed by atoms with Crippen molar-refractivity contribution >= 4 is 5.97 Å². The van der Waals surface area contributed by atoms with Crippen LogP contribution in [0.1, 0.15) is 37.3 Å². The molecule has 106 valence electrons. The van der Waals surface area contributed by atoms with Crippen LogP contribution in [-0.2, 0) is 4.79 Å². The molecule has 2 aromatic heterocycles. The summed E-state index contributed by atoms with van der Waals surface area (Å²) in [5.41, 5.74) is 0.776. The first-order valence-corrected chi connectivity index (χ1v) is 6.67. The van der Waals surface area contributed by atoms with Gasteiger partial charge >= 0.3 is 5.97 Å². The minimum absolute atomic E-state index is 0.198. The molecule has 1 aliphatic rings. The lowest BCUT2D eigenvalue weighted by Crippen LogP contribution is -2.17. The molecule has 3 rings (SSSR count). The van der Waals surface area contributed by atoms with Crippen LogP contribution in [0.25, 0.3) is 11.4 Å². The minimum Gasteiger partial charge on any atom is -0.481 e.